The molecule has 0 aliphatic rings. The summed E-state index contributed by atoms with van der Waals surface area (Å²) in [6, 6.07) is 0. The van der Waals surface area contributed by atoms with Gasteiger partial charge in [-0.25, -0.2) is 18.3 Å². The van der Waals surface area contributed by atoms with Gasteiger partial charge in [0.2, 0.25) is 6.29 Å². The molecule has 1 unspecified atom stereocenters. The van der Waals surface area contributed by atoms with Crippen LogP contribution in [0.5, 0.6) is 0 Å². The molecule has 0 aromatic carbocycles. The topological polar surface area (TPSA) is 47.9 Å². The summed E-state index contributed by atoms with van der Waals surface area (Å²) in [5.41, 5.74) is 0. The Balaban J connectivity index is 6.42. The highest BCUT2D eigenvalue weighted by Gasteiger charge is 2.87. The highest BCUT2D eigenvalue weighted by atomic mass is 19.4. The maximum atomic E-state index is 13.4. The van der Waals surface area contributed by atoms with Gasteiger partial charge in [0.25, 0.3) is 0 Å². The van der Waals surface area contributed by atoms with E-state index >= 15 is 0 Å². The van der Waals surface area contributed by atoms with Crippen molar-refractivity contribution in [3.8, 4) is 0 Å². The summed E-state index contributed by atoms with van der Waals surface area (Å²) in [5, 5.41) is 8.43. The molecule has 0 bridgehead atoms. The Morgan fingerprint density at radius 2 is 0.644 bits per heavy atom. The maximum Gasteiger partial charge on any atom is 0.460 e. The van der Waals surface area contributed by atoms with E-state index in [9.17, 15) is 119 Å². The van der Waals surface area contributed by atoms with Crippen LogP contribution in [0.3, 0.4) is 0 Å². The summed E-state index contributed by atoms with van der Waals surface area (Å²) in [6.07, 6.45) is -61.0. The maximum absolute atomic E-state index is 13.4. The molecule has 0 spiro atoms. The molecule has 1 N–H and O–H groups in total. The lowest BCUT2D eigenvalue weighted by atomic mass is 9.98. The van der Waals surface area contributed by atoms with E-state index in [1.165, 1.54) is 0 Å². The van der Waals surface area contributed by atoms with Crippen molar-refractivity contribution in [2.24, 2.45) is 0 Å². The van der Waals surface area contributed by atoms with E-state index < -0.39 is 85.0 Å². The van der Waals surface area contributed by atoms with Crippen LogP contribution >= 0.6 is 0 Å². The molecule has 31 heteroatoms. The predicted molar refractivity (Wildman–Crippen MR) is 75.7 cm³/mol. The Hall–Kier alpha value is -2.05. The lowest BCUT2D eigenvalue weighted by Gasteiger charge is -2.39. The van der Waals surface area contributed by atoms with E-state index in [1.807, 2.05) is 0 Å². The zero-order valence-electron chi connectivity index (χ0n) is 19.0. The average molecular weight is 748 g/mol. The Kier molecular flexibility index (Phi) is 10.8. The Labute approximate surface area is 224 Å². The van der Waals surface area contributed by atoms with E-state index in [0.717, 1.165) is 9.47 Å². The van der Waals surface area contributed by atoms with Crippen molar-refractivity contribution in [2.75, 3.05) is 0 Å². The summed E-state index contributed by atoms with van der Waals surface area (Å²) < 4.78 is 351. The second kappa shape index (κ2) is 11.3. The first kappa shape index (κ1) is 43.0. The third-order valence-electron chi connectivity index (χ3n) is 4.38. The normalized spacial score (nSPS) is 17.3. The largest absolute Gasteiger partial charge is 0.460 e. The van der Waals surface area contributed by atoms with Crippen LogP contribution in [0.15, 0.2) is 0 Å². The molecular formula is C14H3F27O4. The SMILES string of the molecule is OC(OC(F)(F)C(F)(F)OC(F)(F)C(F)(F)OC(F)(F)C(F)(F)C(F)(F)C(F)(F)F)C(F)(F)C(F)(F)C(F)(F)C(F)(F)C(F)F. The number of aliphatic hydroxyl groups excluding tert-OH is 1. The minimum absolute atomic E-state index is 0.989. The number of ether oxygens (including phenoxy) is 3. The monoisotopic (exact) mass is 748 g/mol. The fourth-order valence-electron chi connectivity index (χ4n) is 1.92. The first-order valence-electron chi connectivity index (χ1n) is 9.25. The van der Waals surface area contributed by atoms with E-state index in [-0.39, 0.29) is 0 Å². The number of halogens is 27. The van der Waals surface area contributed by atoms with Crippen LogP contribution in [0.2, 0.25) is 0 Å². The molecule has 45 heavy (non-hydrogen) atoms. The third-order valence-corrected chi connectivity index (χ3v) is 4.38. The van der Waals surface area contributed by atoms with Gasteiger partial charge in [0.15, 0.2) is 0 Å². The van der Waals surface area contributed by atoms with E-state index in [1.54, 1.807) is 4.74 Å². The van der Waals surface area contributed by atoms with Gasteiger partial charge in [0, 0.05) is 0 Å². The van der Waals surface area contributed by atoms with Crippen LogP contribution in [0.4, 0.5) is 119 Å². The van der Waals surface area contributed by atoms with Gasteiger partial charge in [-0.05, 0) is 0 Å². The van der Waals surface area contributed by atoms with Gasteiger partial charge < -0.3 is 5.11 Å². The number of aliphatic hydroxyl groups is 1. The standard InChI is InChI=1S/C14H3F27O4/c15-1(16)3(17,18)5(21,22)6(23,24)4(19,20)2(42)43-11(34,35)12(36,37)45-14(40,41)13(38,39)44-10(32,33)8(27,28)7(25,26)9(29,30)31/h1-2,42H. The molecule has 4 nitrogen and oxygen atoms in total. The third kappa shape index (κ3) is 6.84. The minimum Gasteiger partial charge on any atom is -0.363 e. The number of alkyl halides is 27. The molecule has 0 radical (unpaired) electrons. The van der Waals surface area contributed by atoms with Crippen LogP contribution in [0.1, 0.15) is 0 Å². The molecule has 0 saturated heterocycles. The van der Waals surface area contributed by atoms with Crippen LogP contribution < -0.4 is 0 Å². The summed E-state index contributed by atoms with van der Waals surface area (Å²) >= 11 is 0. The second-order valence-electron chi connectivity index (χ2n) is 7.60. The van der Waals surface area contributed by atoms with Crippen molar-refractivity contribution >= 4 is 0 Å². The molecule has 1 atom stereocenters. The van der Waals surface area contributed by atoms with Gasteiger partial charge in [0.05, 0.1) is 0 Å². The lowest BCUT2D eigenvalue weighted by Crippen LogP contribution is -2.68. The summed E-state index contributed by atoms with van der Waals surface area (Å²) in [4.78, 5) is 0. The van der Waals surface area contributed by atoms with Crippen molar-refractivity contribution in [1.82, 2.24) is 0 Å². The molecule has 0 fully saturated rings. The molecule has 0 aliphatic heterocycles. The lowest BCUT2D eigenvalue weighted by molar-refractivity contribution is -0.567. The van der Waals surface area contributed by atoms with Crippen molar-refractivity contribution in [1.29, 1.82) is 0 Å². The van der Waals surface area contributed by atoms with Gasteiger partial charge in [-0.2, -0.15) is 110 Å². The second-order valence-corrected chi connectivity index (χ2v) is 7.60. The molecule has 272 valence electrons. The van der Waals surface area contributed by atoms with E-state index in [2.05, 4.69) is 0 Å². The molecule has 0 aromatic rings. The predicted octanol–water partition coefficient (Wildman–Crippen LogP) is 7.96. The fraction of sp³-hybridized carbons (Fsp3) is 1.00. The van der Waals surface area contributed by atoms with Crippen molar-refractivity contribution in [2.45, 2.75) is 85.0 Å². The van der Waals surface area contributed by atoms with Crippen molar-refractivity contribution < 1.29 is 138 Å². The van der Waals surface area contributed by atoms with E-state index in [0.29, 0.717) is 0 Å². The van der Waals surface area contributed by atoms with Gasteiger partial charge >= 0.3 is 78.7 Å². The zero-order valence-corrected chi connectivity index (χ0v) is 19.0. The van der Waals surface area contributed by atoms with Crippen LogP contribution in [0.25, 0.3) is 0 Å². The van der Waals surface area contributed by atoms with Gasteiger partial charge in [-0.1, -0.05) is 0 Å². The van der Waals surface area contributed by atoms with Gasteiger partial charge in [-0.3, -0.25) is 4.74 Å². The fourth-order valence-corrected chi connectivity index (χ4v) is 1.92. The Morgan fingerprint density at radius 1 is 0.356 bits per heavy atom. The van der Waals surface area contributed by atoms with Crippen LogP contribution in [-0.4, -0.2) is 90.1 Å². The number of hydrogen-bond donors (Lipinski definition) is 1. The van der Waals surface area contributed by atoms with Crippen LogP contribution in [0, 0.1) is 0 Å². The highest BCUT2D eigenvalue weighted by molar-refractivity contribution is 5.06. The zero-order chi connectivity index (χ0) is 37.3. The first-order valence-corrected chi connectivity index (χ1v) is 9.25. The minimum atomic E-state index is -8.42. The Bertz CT molecular complexity index is 1030. The Morgan fingerprint density at radius 3 is 0.956 bits per heavy atom. The van der Waals surface area contributed by atoms with Crippen LogP contribution in [-0.2, 0) is 14.2 Å². The molecule has 0 amide bonds. The summed E-state index contributed by atoms with van der Waals surface area (Å²) in [5.74, 6) is -48.7. The number of rotatable bonds is 15. The quantitative estimate of drug-likeness (QED) is 0.137. The molecule has 0 rings (SSSR count). The molecule has 0 saturated carbocycles. The summed E-state index contributed by atoms with van der Waals surface area (Å²) in [6.45, 7) is 0. The first-order chi connectivity index (χ1) is 19.0. The molecule has 0 heterocycles. The smallest absolute Gasteiger partial charge is 0.363 e. The molecular weight excluding hydrogens is 745 g/mol. The molecule has 0 aromatic heterocycles. The van der Waals surface area contributed by atoms with Crippen molar-refractivity contribution in [3.05, 3.63) is 0 Å². The van der Waals surface area contributed by atoms with E-state index in [4.69, 9.17) is 5.11 Å². The number of hydrogen-bond acceptors (Lipinski definition) is 4. The van der Waals surface area contributed by atoms with Crippen molar-refractivity contribution in [3.63, 3.8) is 0 Å². The van der Waals surface area contributed by atoms with Gasteiger partial charge in [0.1, 0.15) is 0 Å². The molecule has 0 aliphatic carbocycles. The average Bonchev–Trinajstić information content (AvgIpc) is 2.75. The highest BCUT2D eigenvalue weighted by Crippen LogP contribution is 2.58. The van der Waals surface area contributed by atoms with Gasteiger partial charge in [-0.15, -0.1) is 0 Å². The summed E-state index contributed by atoms with van der Waals surface area (Å²) in [7, 11) is 0.